The van der Waals surface area contributed by atoms with E-state index in [4.69, 9.17) is 14.2 Å². The highest BCUT2D eigenvalue weighted by Gasteiger charge is 2.30. The Hall–Kier alpha value is -3.21. The number of rotatable bonds is 8. The molecule has 2 N–H and O–H groups in total. The Morgan fingerprint density at radius 1 is 1.12 bits per heavy atom. The molecule has 10 heteroatoms. The molecule has 5 rings (SSSR count). The average Bonchev–Trinajstić information content (AvgIpc) is 3.22. The van der Waals surface area contributed by atoms with Gasteiger partial charge in [-0.15, -0.1) is 0 Å². The zero-order valence-electron chi connectivity index (χ0n) is 19.1. The van der Waals surface area contributed by atoms with Crippen molar-refractivity contribution in [3.63, 3.8) is 0 Å². The van der Waals surface area contributed by atoms with E-state index in [1.54, 1.807) is 17.9 Å². The monoisotopic (exact) mass is 467 g/mol. The number of likely N-dealkylation sites (tertiary alicyclic amines) is 1. The Balaban J connectivity index is 1.16. The molecular weight excluding hydrogens is 438 g/mol. The number of ether oxygens (including phenoxy) is 3. The van der Waals surface area contributed by atoms with Gasteiger partial charge in [0.2, 0.25) is 0 Å². The van der Waals surface area contributed by atoms with Crippen LogP contribution in [0, 0.1) is 5.92 Å². The number of methoxy groups -OCH3 is 1. The highest BCUT2D eigenvalue weighted by molar-refractivity contribution is 5.76. The van der Waals surface area contributed by atoms with Crippen molar-refractivity contribution in [1.82, 2.24) is 24.8 Å². The SMILES string of the molecule is COc1ccc2ncc(=O)n(CCN3C[C@H](CNCc4cc5c(cn4)OCCO5)[C@H](O)C3)c2c1. The standard InChI is InChI=1S/C24H29N5O5/c1-32-18-2-3-19-20(9-18)29(24(31)13-27-19)5-4-28-14-16(21(30)15-28)10-25-11-17-8-22-23(12-26-17)34-7-6-33-22/h2-3,8-9,12-13,16,21,25,30H,4-7,10-11,14-15H2,1H3/t16-,21+/m0/s1. The molecule has 0 amide bonds. The molecule has 0 spiro atoms. The van der Waals surface area contributed by atoms with Crippen molar-refractivity contribution in [2.24, 2.45) is 5.92 Å². The number of hydrogen-bond donors (Lipinski definition) is 2. The lowest BCUT2D eigenvalue weighted by Crippen LogP contribution is -2.31. The van der Waals surface area contributed by atoms with Crippen molar-refractivity contribution >= 4 is 11.0 Å². The van der Waals surface area contributed by atoms with Crippen LogP contribution in [0.15, 0.2) is 41.5 Å². The number of nitrogens with one attached hydrogen (secondary N) is 1. The van der Waals surface area contributed by atoms with E-state index in [0.29, 0.717) is 57.4 Å². The summed E-state index contributed by atoms with van der Waals surface area (Å²) in [6.45, 7) is 4.85. The summed E-state index contributed by atoms with van der Waals surface area (Å²) in [6, 6.07) is 7.41. The van der Waals surface area contributed by atoms with Gasteiger partial charge in [-0.05, 0) is 12.1 Å². The summed E-state index contributed by atoms with van der Waals surface area (Å²) in [5.41, 5.74) is 2.21. The van der Waals surface area contributed by atoms with E-state index < -0.39 is 6.10 Å². The summed E-state index contributed by atoms with van der Waals surface area (Å²) in [5, 5.41) is 14.0. The molecule has 34 heavy (non-hydrogen) atoms. The van der Waals surface area contributed by atoms with Crippen LogP contribution in [0.1, 0.15) is 5.69 Å². The molecule has 1 saturated heterocycles. The Morgan fingerprint density at radius 3 is 2.82 bits per heavy atom. The van der Waals surface area contributed by atoms with Crippen LogP contribution in [-0.2, 0) is 13.1 Å². The van der Waals surface area contributed by atoms with Gasteiger partial charge in [-0.25, -0.2) is 4.98 Å². The predicted molar refractivity (Wildman–Crippen MR) is 125 cm³/mol. The molecule has 1 aromatic carbocycles. The Bertz CT molecular complexity index is 1220. The fourth-order valence-corrected chi connectivity index (χ4v) is 4.54. The molecule has 0 unspecified atom stereocenters. The molecule has 2 aliphatic heterocycles. The third-order valence-corrected chi connectivity index (χ3v) is 6.37. The lowest BCUT2D eigenvalue weighted by Gasteiger charge is -2.19. The molecule has 1 fully saturated rings. The number of benzene rings is 1. The Morgan fingerprint density at radius 2 is 1.97 bits per heavy atom. The number of aliphatic hydroxyl groups excluding tert-OH is 1. The maximum atomic E-state index is 12.5. The molecule has 3 aromatic rings. The average molecular weight is 468 g/mol. The molecule has 4 heterocycles. The van der Waals surface area contributed by atoms with E-state index in [-0.39, 0.29) is 11.5 Å². The van der Waals surface area contributed by atoms with Crippen LogP contribution in [0.2, 0.25) is 0 Å². The predicted octanol–water partition coefficient (Wildman–Crippen LogP) is 0.654. The van der Waals surface area contributed by atoms with Crippen LogP contribution in [-0.4, -0.2) is 77.1 Å². The third kappa shape index (κ3) is 4.84. The second kappa shape index (κ2) is 9.96. The molecule has 0 radical (unpaired) electrons. The smallest absolute Gasteiger partial charge is 0.269 e. The fourth-order valence-electron chi connectivity index (χ4n) is 4.54. The first-order chi connectivity index (χ1) is 16.6. The minimum Gasteiger partial charge on any atom is -0.497 e. The summed E-state index contributed by atoms with van der Waals surface area (Å²) in [5.74, 6) is 2.19. The van der Waals surface area contributed by atoms with Crippen molar-refractivity contribution in [2.45, 2.75) is 19.2 Å². The normalized spacial score (nSPS) is 20.1. The Kier molecular flexibility index (Phi) is 6.61. The van der Waals surface area contributed by atoms with E-state index in [9.17, 15) is 9.90 Å². The minimum absolute atomic E-state index is 0.100. The molecular formula is C24H29N5O5. The van der Waals surface area contributed by atoms with E-state index in [1.807, 2.05) is 24.3 Å². The molecule has 2 aliphatic rings. The van der Waals surface area contributed by atoms with Gasteiger partial charge in [0, 0.05) is 57.3 Å². The van der Waals surface area contributed by atoms with Crippen LogP contribution in [0.25, 0.3) is 11.0 Å². The largest absolute Gasteiger partial charge is 0.497 e. The van der Waals surface area contributed by atoms with Gasteiger partial charge in [0.1, 0.15) is 19.0 Å². The zero-order chi connectivity index (χ0) is 23.5. The number of aromatic nitrogens is 3. The number of nitrogens with zero attached hydrogens (tertiary/aromatic N) is 4. The first-order valence-corrected chi connectivity index (χ1v) is 11.5. The number of fused-ring (bicyclic) bond motifs is 2. The molecule has 0 aliphatic carbocycles. The van der Waals surface area contributed by atoms with Gasteiger partial charge in [-0.1, -0.05) is 0 Å². The quantitative estimate of drug-likeness (QED) is 0.493. The summed E-state index contributed by atoms with van der Waals surface area (Å²) in [4.78, 5) is 23.3. The second-order valence-corrected chi connectivity index (χ2v) is 8.64. The van der Waals surface area contributed by atoms with Gasteiger partial charge < -0.3 is 29.2 Å². The number of pyridine rings is 1. The Labute approximate surface area is 197 Å². The molecule has 2 atom stereocenters. The first-order valence-electron chi connectivity index (χ1n) is 11.5. The zero-order valence-corrected chi connectivity index (χ0v) is 19.1. The van der Waals surface area contributed by atoms with Crippen molar-refractivity contribution in [1.29, 1.82) is 0 Å². The van der Waals surface area contributed by atoms with E-state index in [0.717, 1.165) is 29.0 Å². The molecule has 2 aromatic heterocycles. The minimum atomic E-state index is -0.424. The van der Waals surface area contributed by atoms with Crippen molar-refractivity contribution < 1.29 is 19.3 Å². The summed E-state index contributed by atoms with van der Waals surface area (Å²) >= 11 is 0. The van der Waals surface area contributed by atoms with Gasteiger partial charge in [0.25, 0.3) is 5.56 Å². The van der Waals surface area contributed by atoms with Crippen molar-refractivity contribution in [3.8, 4) is 17.2 Å². The molecule has 0 bridgehead atoms. The van der Waals surface area contributed by atoms with Gasteiger partial charge in [-0.3, -0.25) is 14.7 Å². The summed E-state index contributed by atoms with van der Waals surface area (Å²) in [7, 11) is 1.60. The van der Waals surface area contributed by atoms with Crippen molar-refractivity contribution in [3.05, 3.63) is 52.7 Å². The van der Waals surface area contributed by atoms with Crippen LogP contribution >= 0.6 is 0 Å². The maximum Gasteiger partial charge on any atom is 0.269 e. The van der Waals surface area contributed by atoms with Crippen molar-refractivity contribution in [2.75, 3.05) is 46.5 Å². The van der Waals surface area contributed by atoms with Crippen LogP contribution in [0.5, 0.6) is 17.2 Å². The highest BCUT2D eigenvalue weighted by atomic mass is 16.6. The molecule has 10 nitrogen and oxygen atoms in total. The van der Waals surface area contributed by atoms with Crippen LogP contribution in [0.3, 0.4) is 0 Å². The summed E-state index contributed by atoms with van der Waals surface area (Å²) < 4.78 is 18.1. The second-order valence-electron chi connectivity index (χ2n) is 8.64. The molecule has 0 saturated carbocycles. The number of β-amino-alcohol motifs (C(OH)–C–C–N with tert-alkyl or cyclic N) is 1. The first kappa shape index (κ1) is 22.6. The van der Waals surface area contributed by atoms with E-state index >= 15 is 0 Å². The van der Waals surface area contributed by atoms with Crippen LogP contribution in [0.4, 0.5) is 0 Å². The highest BCUT2D eigenvalue weighted by Crippen LogP contribution is 2.29. The maximum absolute atomic E-state index is 12.5. The van der Waals surface area contributed by atoms with Gasteiger partial charge in [-0.2, -0.15) is 0 Å². The molecule has 180 valence electrons. The number of hydrogen-bond acceptors (Lipinski definition) is 9. The van der Waals surface area contributed by atoms with Gasteiger partial charge in [0.05, 0.1) is 42.3 Å². The van der Waals surface area contributed by atoms with Gasteiger partial charge in [0.15, 0.2) is 11.5 Å². The lowest BCUT2D eigenvalue weighted by atomic mass is 10.1. The number of aliphatic hydroxyl groups is 1. The summed E-state index contributed by atoms with van der Waals surface area (Å²) in [6.07, 6.45) is 2.62. The fraction of sp³-hybridized carbons (Fsp3) is 0.458. The van der Waals surface area contributed by atoms with Crippen LogP contribution < -0.4 is 25.1 Å². The lowest BCUT2D eigenvalue weighted by molar-refractivity contribution is 0.140. The third-order valence-electron chi connectivity index (χ3n) is 6.37. The van der Waals surface area contributed by atoms with Gasteiger partial charge >= 0.3 is 0 Å². The van der Waals surface area contributed by atoms with E-state index in [2.05, 4.69) is 20.2 Å². The van der Waals surface area contributed by atoms with E-state index in [1.165, 1.54) is 6.20 Å². The topological polar surface area (TPSA) is 111 Å².